The Morgan fingerprint density at radius 1 is 1.23 bits per heavy atom. The Morgan fingerprint density at radius 2 is 2.04 bits per heavy atom. The topological polar surface area (TPSA) is 63.2 Å². The maximum Gasteiger partial charge on any atom is 0.271 e. The van der Waals surface area contributed by atoms with Gasteiger partial charge in [0, 0.05) is 25.3 Å². The number of amides is 1. The summed E-state index contributed by atoms with van der Waals surface area (Å²) in [5, 5.41) is 4.01. The summed E-state index contributed by atoms with van der Waals surface area (Å²) in [7, 11) is 5.41. The quantitative estimate of drug-likeness (QED) is 0.450. The van der Waals surface area contributed by atoms with Crippen LogP contribution >= 0.6 is 0 Å². The molecule has 136 valence electrons. The highest BCUT2D eigenvalue weighted by atomic mass is 16.5. The van der Waals surface area contributed by atoms with Crippen molar-refractivity contribution in [2.24, 2.45) is 5.10 Å². The van der Waals surface area contributed by atoms with Crippen LogP contribution in [-0.4, -0.2) is 39.9 Å². The molecule has 0 aliphatic rings. The summed E-state index contributed by atoms with van der Waals surface area (Å²) in [4.78, 5) is 14.1. The number of anilines is 1. The van der Waals surface area contributed by atoms with Crippen molar-refractivity contribution in [1.82, 2.24) is 5.43 Å². The summed E-state index contributed by atoms with van der Waals surface area (Å²) in [6.07, 6.45) is 3.21. The fourth-order valence-electron chi connectivity index (χ4n) is 2.19. The van der Waals surface area contributed by atoms with Gasteiger partial charge in [-0.15, -0.1) is 0 Å². The van der Waals surface area contributed by atoms with Gasteiger partial charge in [-0.05, 0) is 42.0 Å². The third kappa shape index (κ3) is 5.11. The highest BCUT2D eigenvalue weighted by molar-refractivity contribution is 5.95. The molecular weight excluding hydrogens is 330 g/mol. The SMILES string of the molecule is C=CCOc1ccc(/C=N/NC(=O)c2cccc(N(C)C)c2)cc1OC. The zero-order chi connectivity index (χ0) is 18.9. The van der Waals surface area contributed by atoms with Crippen LogP contribution in [0.2, 0.25) is 0 Å². The van der Waals surface area contributed by atoms with Crippen molar-refractivity contribution in [3.63, 3.8) is 0 Å². The molecule has 2 rings (SSSR count). The molecule has 1 N–H and O–H groups in total. The third-order valence-corrected chi connectivity index (χ3v) is 3.55. The van der Waals surface area contributed by atoms with E-state index in [1.807, 2.05) is 37.2 Å². The minimum Gasteiger partial charge on any atom is -0.493 e. The van der Waals surface area contributed by atoms with Crippen LogP contribution in [0.25, 0.3) is 0 Å². The molecule has 0 aromatic heterocycles. The maximum absolute atomic E-state index is 12.2. The highest BCUT2D eigenvalue weighted by Crippen LogP contribution is 2.27. The van der Waals surface area contributed by atoms with E-state index in [0.29, 0.717) is 23.7 Å². The molecule has 6 heteroatoms. The van der Waals surface area contributed by atoms with E-state index in [4.69, 9.17) is 9.47 Å². The lowest BCUT2D eigenvalue weighted by molar-refractivity contribution is 0.0955. The average Bonchev–Trinajstić information content (AvgIpc) is 2.66. The molecule has 0 radical (unpaired) electrons. The van der Waals surface area contributed by atoms with Crippen LogP contribution in [0.3, 0.4) is 0 Å². The lowest BCUT2D eigenvalue weighted by Crippen LogP contribution is -2.18. The number of nitrogens with zero attached hydrogens (tertiary/aromatic N) is 2. The van der Waals surface area contributed by atoms with Crippen LogP contribution in [0.1, 0.15) is 15.9 Å². The first kappa shape index (κ1) is 19.1. The molecule has 1 amide bonds. The van der Waals surface area contributed by atoms with Crippen LogP contribution in [0, 0.1) is 0 Å². The summed E-state index contributed by atoms with van der Waals surface area (Å²) in [5.74, 6) is 0.928. The van der Waals surface area contributed by atoms with Gasteiger partial charge in [0.1, 0.15) is 6.61 Å². The standard InChI is InChI=1S/C20H23N3O3/c1-5-11-26-18-10-9-15(12-19(18)25-4)14-21-22-20(24)16-7-6-8-17(13-16)23(2)3/h5-10,12-14H,1,11H2,2-4H3,(H,22,24)/b21-14+. The van der Waals surface area contributed by atoms with Gasteiger partial charge in [-0.3, -0.25) is 4.79 Å². The van der Waals surface area contributed by atoms with Gasteiger partial charge in [-0.2, -0.15) is 5.10 Å². The average molecular weight is 353 g/mol. The highest BCUT2D eigenvalue weighted by Gasteiger charge is 2.07. The van der Waals surface area contributed by atoms with Crippen LogP contribution in [0.5, 0.6) is 11.5 Å². The second-order valence-corrected chi connectivity index (χ2v) is 5.65. The van der Waals surface area contributed by atoms with Crippen molar-refractivity contribution in [3.8, 4) is 11.5 Å². The van der Waals surface area contributed by atoms with Crippen molar-refractivity contribution >= 4 is 17.8 Å². The van der Waals surface area contributed by atoms with Crippen LogP contribution in [-0.2, 0) is 0 Å². The Balaban J connectivity index is 2.04. The number of carbonyl (C=O) groups is 1. The van der Waals surface area contributed by atoms with Gasteiger partial charge in [-0.25, -0.2) is 5.43 Å². The summed E-state index contributed by atoms with van der Waals surface area (Å²) in [6, 6.07) is 12.7. The molecule has 0 saturated heterocycles. The molecule has 0 bridgehead atoms. The normalized spacial score (nSPS) is 10.4. The van der Waals surface area contributed by atoms with Crippen LogP contribution < -0.4 is 19.8 Å². The van der Waals surface area contributed by atoms with Crippen molar-refractivity contribution in [1.29, 1.82) is 0 Å². The zero-order valence-electron chi connectivity index (χ0n) is 15.2. The molecule has 2 aromatic carbocycles. The van der Waals surface area contributed by atoms with Gasteiger partial charge in [0.25, 0.3) is 5.91 Å². The Kier molecular flexibility index (Phi) is 6.79. The lowest BCUT2D eigenvalue weighted by Gasteiger charge is -2.12. The molecule has 0 spiro atoms. The summed E-state index contributed by atoms with van der Waals surface area (Å²) >= 11 is 0. The predicted molar refractivity (Wildman–Crippen MR) is 105 cm³/mol. The molecule has 0 fully saturated rings. The number of benzene rings is 2. The van der Waals surface area contributed by atoms with E-state index in [9.17, 15) is 4.79 Å². The van der Waals surface area contributed by atoms with Crippen molar-refractivity contribution < 1.29 is 14.3 Å². The van der Waals surface area contributed by atoms with E-state index in [1.54, 1.807) is 43.7 Å². The van der Waals surface area contributed by atoms with E-state index >= 15 is 0 Å². The molecular formula is C20H23N3O3. The van der Waals surface area contributed by atoms with E-state index in [2.05, 4.69) is 17.1 Å². The summed E-state index contributed by atoms with van der Waals surface area (Å²) in [5.41, 5.74) is 4.79. The van der Waals surface area contributed by atoms with Gasteiger partial charge >= 0.3 is 0 Å². The first-order valence-electron chi connectivity index (χ1n) is 8.07. The van der Waals surface area contributed by atoms with Gasteiger partial charge < -0.3 is 14.4 Å². The molecule has 26 heavy (non-hydrogen) atoms. The van der Waals surface area contributed by atoms with Gasteiger partial charge in [0.05, 0.1) is 13.3 Å². The Labute approximate surface area is 153 Å². The van der Waals surface area contributed by atoms with Gasteiger partial charge in [0.2, 0.25) is 0 Å². The van der Waals surface area contributed by atoms with Crippen molar-refractivity contribution in [3.05, 3.63) is 66.2 Å². The molecule has 2 aromatic rings. The fourth-order valence-corrected chi connectivity index (χ4v) is 2.19. The molecule has 0 atom stereocenters. The number of methoxy groups -OCH3 is 1. The maximum atomic E-state index is 12.2. The summed E-state index contributed by atoms with van der Waals surface area (Å²) < 4.78 is 10.8. The molecule has 0 aliphatic carbocycles. The smallest absolute Gasteiger partial charge is 0.271 e. The zero-order valence-corrected chi connectivity index (χ0v) is 15.2. The first-order chi connectivity index (χ1) is 12.5. The largest absolute Gasteiger partial charge is 0.493 e. The number of nitrogens with one attached hydrogen (secondary N) is 1. The molecule has 0 aliphatic heterocycles. The fraction of sp³-hybridized carbons (Fsp3) is 0.200. The van der Waals surface area contributed by atoms with E-state index < -0.39 is 0 Å². The minimum absolute atomic E-state index is 0.275. The first-order valence-corrected chi connectivity index (χ1v) is 8.07. The monoisotopic (exact) mass is 353 g/mol. The summed E-state index contributed by atoms with van der Waals surface area (Å²) in [6.45, 7) is 4.01. The van der Waals surface area contributed by atoms with E-state index in [-0.39, 0.29) is 5.91 Å². The van der Waals surface area contributed by atoms with Crippen molar-refractivity contribution in [2.75, 3.05) is 32.7 Å². The molecule has 0 heterocycles. The molecule has 6 nitrogen and oxygen atoms in total. The second kappa shape index (κ2) is 9.27. The predicted octanol–water partition coefficient (Wildman–Crippen LogP) is 3.09. The number of rotatable bonds is 8. The number of ether oxygens (including phenoxy) is 2. The second-order valence-electron chi connectivity index (χ2n) is 5.65. The van der Waals surface area contributed by atoms with E-state index in [0.717, 1.165) is 11.3 Å². The van der Waals surface area contributed by atoms with Gasteiger partial charge in [0.15, 0.2) is 11.5 Å². The van der Waals surface area contributed by atoms with Gasteiger partial charge in [-0.1, -0.05) is 18.7 Å². The van der Waals surface area contributed by atoms with E-state index in [1.165, 1.54) is 0 Å². The lowest BCUT2D eigenvalue weighted by atomic mass is 10.2. The van der Waals surface area contributed by atoms with Crippen LogP contribution in [0.15, 0.2) is 60.2 Å². The third-order valence-electron chi connectivity index (χ3n) is 3.55. The minimum atomic E-state index is -0.275. The van der Waals surface area contributed by atoms with Crippen LogP contribution in [0.4, 0.5) is 5.69 Å². The Morgan fingerprint density at radius 3 is 2.73 bits per heavy atom. The molecule has 0 saturated carbocycles. The number of carbonyl (C=O) groups excluding carboxylic acids is 1. The Bertz CT molecular complexity index is 801. The Hall–Kier alpha value is -3.28. The number of hydrogen-bond donors (Lipinski definition) is 1. The number of hydrazone groups is 1. The number of hydrogen-bond acceptors (Lipinski definition) is 5. The van der Waals surface area contributed by atoms with Crippen molar-refractivity contribution in [2.45, 2.75) is 0 Å². The molecule has 0 unspecified atom stereocenters.